The van der Waals surface area contributed by atoms with Crippen molar-refractivity contribution in [3.8, 4) is 0 Å². The molecule has 2 aromatic heterocycles. The number of anilines is 1. The van der Waals surface area contributed by atoms with Crippen molar-refractivity contribution in [3.63, 3.8) is 0 Å². The van der Waals surface area contributed by atoms with Crippen LogP contribution in [0.5, 0.6) is 0 Å². The van der Waals surface area contributed by atoms with Crippen molar-refractivity contribution in [2.45, 2.75) is 19.9 Å². The lowest BCUT2D eigenvalue weighted by atomic mass is 10.1. The van der Waals surface area contributed by atoms with Crippen LogP contribution in [-0.2, 0) is 4.79 Å². The molecule has 0 saturated heterocycles. The number of benzene rings is 1. The lowest BCUT2D eigenvalue weighted by molar-refractivity contribution is -0.126. The number of para-hydroxylation sites is 1. The summed E-state index contributed by atoms with van der Waals surface area (Å²) >= 11 is 0. The quantitative estimate of drug-likeness (QED) is 0.715. The number of carbonyl (C=O) groups is 1. The van der Waals surface area contributed by atoms with Gasteiger partial charge in [-0.2, -0.15) is 0 Å². The standard InChI is InChI=1S/C20H22N4O/c1-13-16-6-4-5-7-17(16)23-20(13)14(2)24(3)19(25)11-9-15-8-10-18(21)22-12-15/h4-12,14,23H,1-3H3,(H2,21,22)/b11-9+. The van der Waals surface area contributed by atoms with Crippen molar-refractivity contribution < 1.29 is 4.79 Å². The number of nitrogens with two attached hydrogens (primary N) is 1. The first-order chi connectivity index (χ1) is 12.0. The maximum atomic E-state index is 12.5. The van der Waals surface area contributed by atoms with Crippen LogP contribution in [-0.4, -0.2) is 27.8 Å². The summed E-state index contributed by atoms with van der Waals surface area (Å²) in [5, 5.41) is 1.19. The third-order valence-corrected chi connectivity index (χ3v) is 4.58. The average Bonchev–Trinajstić information content (AvgIpc) is 2.97. The SMILES string of the molecule is Cc1c(C(C)N(C)C(=O)/C=C/c2ccc(N)nc2)[nH]c2ccccc12. The summed E-state index contributed by atoms with van der Waals surface area (Å²) in [7, 11) is 1.81. The minimum absolute atomic E-state index is 0.0610. The number of nitrogens with one attached hydrogen (secondary N) is 1. The number of aromatic nitrogens is 2. The maximum absolute atomic E-state index is 12.5. The molecule has 0 aliphatic carbocycles. The number of pyridine rings is 1. The van der Waals surface area contributed by atoms with E-state index in [1.807, 2.05) is 38.2 Å². The molecular weight excluding hydrogens is 312 g/mol. The second kappa shape index (κ2) is 6.81. The number of hydrogen-bond acceptors (Lipinski definition) is 3. The number of carbonyl (C=O) groups excluding carboxylic acids is 1. The summed E-state index contributed by atoms with van der Waals surface area (Å²) in [6.07, 6.45) is 4.95. The van der Waals surface area contributed by atoms with Gasteiger partial charge in [-0.05, 0) is 49.2 Å². The fraction of sp³-hybridized carbons (Fsp3) is 0.200. The molecule has 3 rings (SSSR count). The number of H-pyrrole nitrogens is 1. The topological polar surface area (TPSA) is 75.0 Å². The zero-order chi connectivity index (χ0) is 18.0. The Labute approximate surface area is 147 Å². The molecule has 0 saturated carbocycles. The second-order valence-corrected chi connectivity index (χ2v) is 6.18. The van der Waals surface area contributed by atoms with Gasteiger partial charge in [0.15, 0.2) is 0 Å². The van der Waals surface area contributed by atoms with Gasteiger partial charge in [0, 0.05) is 35.9 Å². The van der Waals surface area contributed by atoms with Crippen molar-refractivity contribution in [2.24, 2.45) is 0 Å². The predicted octanol–water partition coefficient (Wildman–Crippen LogP) is 3.69. The van der Waals surface area contributed by atoms with E-state index in [-0.39, 0.29) is 11.9 Å². The van der Waals surface area contributed by atoms with Crippen molar-refractivity contribution in [3.05, 3.63) is 65.5 Å². The molecule has 5 nitrogen and oxygen atoms in total. The van der Waals surface area contributed by atoms with Gasteiger partial charge in [-0.3, -0.25) is 4.79 Å². The molecule has 0 bridgehead atoms. The molecular formula is C20H22N4O. The number of aromatic amines is 1. The fourth-order valence-corrected chi connectivity index (χ4v) is 2.91. The summed E-state index contributed by atoms with van der Waals surface area (Å²) in [6.45, 7) is 4.10. The molecule has 5 heteroatoms. The van der Waals surface area contributed by atoms with E-state index in [9.17, 15) is 4.79 Å². The molecule has 3 N–H and O–H groups in total. The number of rotatable bonds is 4. The number of aryl methyl sites for hydroxylation is 1. The molecule has 2 heterocycles. The Morgan fingerprint density at radius 3 is 2.72 bits per heavy atom. The van der Waals surface area contributed by atoms with Crippen LogP contribution in [0, 0.1) is 6.92 Å². The normalized spacial score (nSPS) is 12.6. The van der Waals surface area contributed by atoms with Crippen LogP contribution in [0.2, 0.25) is 0 Å². The van der Waals surface area contributed by atoms with Crippen molar-refractivity contribution in [2.75, 3.05) is 12.8 Å². The maximum Gasteiger partial charge on any atom is 0.246 e. The molecule has 128 valence electrons. The van der Waals surface area contributed by atoms with Crippen molar-refractivity contribution in [1.29, 1.82) is 0 Å². The van der Waals surface area contributed by atoms with Gasteiger partial charge in [0.25, 0.3) is 0 Å². The number of hydrogen-bond donors (Lipinski definition) is 2. The van der Waals surface area contributed by atoms with E-state index in [1.54, 1.807) is 29.3 Å². The lowest BCUT2D eigenvalue weighted by Crippen LogP contribution is -2.28. The second-order valence-electron chi connectivity index (χ2n) is 6.18. The van der Waals surface area contributed by atoms with E-state index in [4.69, 9.17) is 5.73 Å². The Hall–Kier alpha value is -3.08. The summed E-state index contributed by atoms with van der Waals surface area (Å²) in [5.74, 6) is 0.394. The van der Waals surface area contributed by atoms with Gasteiger partial charge < -0.3 is 15.6 Å². The molecule has 1 amide bonds. The summed E-state index contributed by atoms with van der Waals surface area (Å²) in [6, 6.07) is 11.7. The monoisotopic (exact) mass is 334 g/mol. The minimum Gasteiger partial charge on any atom is -0.384 e. The van der Waals surface area contributed by atoms with E-state index in [2.05, 4.69) is 23.0 Å². The van der Waals surface area contributed by atoms with Gasteiger partial charge in [-0.1, -0.05) is 18.2 Å². The fourth-order valence-electron chi connectivity index (χ4n) is 2.91. The van der Waals surface area contributed by atoms with Gasteiger partial charge in [-0.15, -0.1) is 0 Å². The molecule has 0 aliphatic heterocycles. The molecule has 25 heavy (non-hydrogen) atoms. The number of nitrogens with zero attached hydrogens (tertiary/aromatic N) is 2. The zero-order valence-corrected chi connectivity index (χ0v) is 14.7. The number of amides is 1. The number of likely N-dealkylation sites (N-methyl/N-ethyl adjacent to an activating group) is 1. The van der Waals surface area contributed by atoms with E-state index >= 15 is 0 Å². The highest BCUT2D eigenvalue weighted by Crippen LogP contribution is 2.28. The lowest BCUT2D eigenvalue weighted by Gasteiger charge is -2.23. The third kappa shape index (κ3) is 3.40. The van der Waals surface area contributed by atoms with Crippen LogP contribution in [0.1, 0.15) is 29.8 Å². The smallest absolute Gasteiger partial charge is 0.246 e. The van der Waals surface area contributed by atoms with Crippen LogP contribution in [0.25, 0.3) is 17.0 Å². The van der Waals surface area contributed by atoms with Gasteiger partial charge in [0.05, 0.1) is 6.04 Å². The predicted molar refractivity (Wildman–Crippen MR) is 102 cm³/mol. The van der Waals surface area contributed by atoms with Gasteiger partial charge in [0.1, 0.15) is 5.82 Å². The Balaban J connectivity index is 1.78. The van der Waals surface area contributed by atoms with Crippen LogP contribution in [0.15, 0.2) is 48.7 Å². The van der Waals surface area contributed by atoms with E-state index in [1.165, 1.54) is 10.9 Å². The molecule has 0 radical (unpaired) electrons. The first-order valence-electron chi connectivity index (χ1n) is 8.21. The first kappa shape index (κ1) is 16.8. The van der Waals surface area contributed by atoms with Gasteiger partial charge in [0.2, 0.25) is 5.91 Å². The van der Waals surface area contributed by atoms with Gasteiger partial charge >= 0.3 is 0 Å². The molecule has 0 spiro atoms. The molecule has 3 aromatic rings. The molecule has 0 aliphatic rings. The van der Waals surface area contributed by atoms with Crippen LogP contribution >= 0.6 is 0 Å². The highest BCUT2D eigenvalue weighted by atomic mass is 16.2. The van der Waals surface area contributed by atoms with E-state index < -0.39 is 0 Å². The molecule has 1 aromatic carbocycles. The van der Waals surface area contributed by atoms with Crippen molar-refractivity contribution >= 4 is 28.7 Å². The highest BCUT2D eigenvalue weighted by Gasteiger charge is 2.20. The molecule has 0 fully saturated rings. The van der Waals surface area contributed by atoms with Crippen LogP contribution in [0.3, 0.4) is 0 Å². The first-order valence-corrected chi connectivity index (χ1v) is 8.21. The molecule has 1 unspecified atom stereocenters. The Kier molecular flexibility index (Phi) is 4.57. The molecule has 1 atom stereocenters. The Bertz CT molecular complexity index is 925. The summed E-state index contributed by atoms with van der Waals surface area (Å²) < 4.78 is 0. The summed E-state index contributed by atoms with van der Waals surface area (Å²) in [5.41, 5.74) is 9.73. The number of fused-ring (bicyclic) bond motifs is 1. The Morgan fingerprint density at radius 2 is 2.04 bits per heavy atom. The largest absolute Gasteiger partial charge is 0.384 e. The van der Waals surface area contributed by atoms with E-state index in [0.717, 1.165) is 16.8 Å². The Morgan fingerprint density at radius 1 is 1.28 bits per heavy atom. The summed E-state index contributed by atoms with van der Waals surface area (Å²) in [4.78, 5) is 21.7. The van der Waals surface area contributed by atoms with Crippen LogP contribution < -0.4 is 5.73 Å². The van der Waals surface area contributed by atoms with Gasteiger partial charge in [-0.25, -0.2) is 4.98 Å². The van der Waals surface area contributed by atoms with Crippen LogP contribution in [0.4, 0.5) is 5.82 Å². The van der Waals surface area contributed by atoms with Crippen molar-refractivity contribution in [1.82, 2.24) is 14.9 Å². The third-order valence-electron chi connectivity index (χ3n) is 4.58. The van der Waals surface area contributed by atoms with E-state index in [0.29, 0.717) is 5.82 Å². The average molecular weight is 334 g/mol. The zero-order valence-electron chi connectivity index (χ0n) is 14.7. The number of nitrogen functional groups attached to an aromatic ring is 1. The minimum atomic E-state index is -0.0672. The highest BCUT2D eigenvalue weighted by molar-refractivity contribution is 5.92.